The van der Waals surface area contributed by atoms with Gasteiger partial charge in [0.2, 0.25) is 0 Å². The first-order valence-electron chi connectivity index (χ1n) is 5.84. The van der Waals surface area contributed by atoms with Crippen molar-refractivity contribution in [1.82, 2.24) is 4.57 Å². The fraction of sp³-hybridized carbons (Fsp3) is 0.143. The maximum absolute atomic E-state index is 10.9. The second kappa shape index (κ2) is 6.15. The summed E-state index contributed by atoms with van der Waals surface area (Å²) in [5, 5.41) is 0. The molecule has 0 unspecified atom stereocenters. The molecule has 1 aromatic heterocycles. The van der Waals surface area contributed by atoms with Crippen molar-refractivity contribution in [3.63, 3.8) is 0 Å². The third-order valence-electron chi connectivity index (χ3n) is 2.62. The highest BCUT2D eigenvalue weighted by Gasteiger charge is 1.97. The van der Waals surface area contributed by atoms with Gasteiger partial charge in [0.05, 0.1) is 6.54 Å². The van der Waals surface area contributed by atoms with E-state index in [-0.39, 0.29) is 5.43 Å². The lowest BCUT2D eigenvalue weighted by molar-refractivity contribution is 0.298. The molecular weight excluding hydrogens is 260 g/mol. The Kier molecular flexibility index (Phi) is 4.30. The van der Waals surface area contributed by atoms with Crippen molar-refractivity contribution in [2.24, 2.45) is 5.73 Å². The van der Waals surface area contributed by atoms with E-state index in [9.17, 15) is 4.79 Å². The lowest BCUT2D eigenvalue weighted by atomic mass is 10.2. The van der Waals surface area contributed by atoms with Gasteiger partial charge in [-0.1, -0.05) is 12.2 Å². The number of nitrogens with two attached hydrogens (primary N) is 1. The Bertz CT molecular complexity index is 600. The third-order valence-corrected chi connectivity index (χ3v) is 2.85. The van der Waals surface area contributed by atoms with Crippen molar-refractivity contribution in [2.45, 2.75) is 6.54 Å². The molecule has 2 aromatic rings. The number of rotatable bonds is 5. The summed E-state index contributed by atoms with van der Waals surface area (Å²) in [5.41, 5.74) is 6.34. The zero-order valence-corrected chi connectivity index (χ0v) is 11.1. The average Bonchev–Trinajstić information content (AvgIpc) is 2.41. The minimum atomic E-state index is 0.00510. The van der Waals surface area contributed by atoms with Crippen molar-refractivity contribution in [2.75, 3.05) is 6.61 Å². The lowest BCUT2D eigenvalue weighted by Gasteiger charge is -2.08. The van der Waals surface area contributed by atoms with Crippen LogP contribution < -0.4 is 15.9 Å². The van der Waals surface area contributed by atoms with Crippen molar-refractivity contribution in [3.05, 3.63) is 64.6 Å². The summed E-state index contributed by atoms with van der Waals surface area (Å²) in [6, 6.07) is 10.4. The molecule has 0 saturated carbocycles. The molecule has 1 aromatic carbocycles. The second-order valence-corrected chi connectivity index (χ2v) is 4.45. The first kappa shape index (κ1) is 13.3. The van der Waals surface area contributed by atoms with Crippen LogP contribution in [-0.2, 0) is 6.54 Å². The van der Waals surface area contributed by atoms with Crippen LogP contribution in [0, 0.1) is 0 Å². The molecule has 98 valence electrons. The zero-order chi connectivity index (χ0) is 13.7. The third kappa shape index (κ3) is 3.93. The number of pyridine rings is 1. The first-order valence-corrected chi connectivity index (χ1v) is 6.25. The summed E-state index contributed by atoms with van der Waals surface area (Å²) in [7, 11) is 0. The molecule has 0 spiro atoms. The fourth-order valence-electron chi connectivity index (χ4n) is 1.58. The largest absolute Gasteiger partial charge is 0.492 e. The molecule has 2 N–H and O–H groups in total. The van der Waals surface area contributed by atoms with E-state index in [1.807, 2.05) is 28.8 Å². The molecule has 0 aliphatic carbocycles. The molecule has 5 heteroatoms. The van der Waals surface area contributed by atoms with E-state index in [1.54, 1.807) is 12.4 Å². The van der Waals surface area contributed by atoms with E-state index in [4.69, 9.17) is 22.7 Å². The van der Waals surface area contributed by atoms with Crippen molar-refractivity contribution >= 4 is 17.2 Å². The second-order valence-electron chi connectivity index (χ2n) is 4.01. The standard InChI is InChI=1S/C14H14N2O2S/c15-14(19)11-1-3-13(4-2-11)18-10-9-16-7-5-12(17)6-8-16/h1-8H,9-10H2,(H2,15,19). The van der Waals surface area contributed by atoms with Crippen LogP contribution in [0.5, 0.6) is 5.75 Å². The van der Waals surface area contributed by atoms with Crippen LogP contribution in [0.3, 0.4) is 0 Å². The first-order chi connectivity index (χ1) is 9.15. The van der Waals surface area contributed by atoms with E-state index < -0.39 is 0 Å². The van der Waals surface area contributed by atoms with E-state index >= 15 is 0 Å². The Labute approximate surface area is 116 Å². The number of nitrogens with zero attached hydrogens (tertiary/aromatic N) is 1. The predicted octanol–water partition coefficient (Wildman–Crippen LogP) is 1.56. The maximum atomic E-state index is 10.9. The van der Waals surface area contributed by atoms with Gasteiger partial charge >= 0.3 is 0 Å². The molecule has 4 nitrogen and oxygen atoms in total. The quantitative estimate of drug-likeness (QED) is 0.841. The van der Waals surface area contributed by atoms with Gasteiger partial charge in [-0.3, -0.25) is 4.79 Å². The molecule has 1 heterocycles. The number of thiocarbonyl (C=S) groups is 1. The van der Waals surface area contributed by atoms with Gasteiger partial charge in [0.25, 0.3) is 0 Å². The molecular formula is C14H14N2O2S. The van der Waals surface area contributed by atoms with Gasteiger partial charge in [-0.15, -0.1) is 0 Å². The highest BCUT2D eigenvalue weighted by atomic mass is 32.1. The normalized spacial score (nSPS) is 10.1. The monoisotopic (exact) mass is 274 g/mol. The van der Waals surface area contributed by atoms with Gasteiger partial charge in [0.15, 0.2) is 5.43 Å². The van der Waals surface area contributed by atoms with Crippen LogP contribution in [-0.4, -0.2) is 16.2 Å². The topological polar surface area (TPSA) is 57.2 Å². The molecule has 0 saturated heterocycles. The highest BCUT2D eigenvalue weighted by Crippen LogP contribution is 2.12. The summed E-state index contributed by atoms with van der Waals surface area (Å²) in [6.07, 6.45) is 3.48. The summed E-state index contributed by atoms with van der Waals surface area (Å²) in [4.78, 5) is 11.3. The summed E-state index contributed by atoms with van der Waals surface area (Å²) >= 11 is 4.88. The maximum Gasteiger partial charge on any atom is 0.181 e. The molecule has 0 amide bonds. The Hall–Kier alpha value is -2.14. The Morgan fingerprint density at radius 3 is 2.37 bits per heavy atom. The van der Waals surface area contributed by atoms with Crippen molar-refractivity contribution in [1.29, 1.82) is 0 Å². The van der Waals surface area contributed by atoms with Gasteiger partial charge < -0.3 is 15.0 Å². The summed E-state index contributed by atoms with van der Waals surface area (Å²) in [5.74, 6) is 0.765. The Morgan fingerprint density at radius 1 is 1.16 bits per heavy atom. The highest BCUT2D eigenvalue weighted by molar-refractivity contribution is 7.80. The van der Waals surface area contributed by atoms with Crippen LogP contribution in [0.1, 0.15) is 5.56 Å². The van der Waals surface area contributed by atoms with Gasteiger partial charge in [-0.25, -0.2) is 0 Å². The number of benzene rings is 1. The number of aromatic nitrogens is 1. The van der Waals surface area contributed by atoms with E-state index in [0.29, 0.717) is 18.1 Å². The fourth-order valence-corrected chi connectivity index (χ4v) is 1.71. The van der Waals surface area contributed by atoms with Crippen LogP contribution >= 0.6 is 12.2 Å². The van der Waals surface area contributed by atoms with E-state index in [2.05, 4.69) is 0 Å². The Balaban J connectivity index is 1.87. The summed E-state index contributed by atoms with van der Waals surface area (Å²) < 4.78 is 7.49. The minimum absolute atomic E-state index is 0.00510. The lowest BCUT2D eigenvalue weighted by Crippen LogP contribution is -2.11. The predicted molar refractivity (Wildman–Crippen MR) is 78.5 cm³/mol. The Morgan fingerprint density at radius 2 is 1.79 bits per heavy atom. The number of hydrogen-bond acceptors (Lipinski definition) is 3. The van der Waals surface area contributed by atoms with E-state index in [0.717, 1.165) is 11.3 Å². The van der Waals surface area contributed by atoms with Gasteiger partial charge in [0.1, 0.15) is 17.3 Å². The summed E-state index contributed by atoms with van der Waals surface area (Å²) in [6.45, 7) is 1.20. The number of hydrogen-bond donors (Lipinski definition) is 1. The molecule has 0 aliphatic heterocycles. The molecule has 0 aliphatic rings. The SMILES string of the molecule is NC(=S)c1ccc(OCCn2ccc(=O)cc2)cc1. The van der Waals surface area contributed by atoms with Crippen molar-refractivity contribution < 1.29 is 4.74 Å². The average molecular weight is 274 g/mol. The van der Waals surface area contributed by atoms with Crippen LogP contribution in [0.25, 0.3) is 0 Å². The molecule has 0 bridgehead atoms. The molecule has 2 rings (SSSR count). The smallest absolute Gasteiger partial charge is 0.181 e. The zero-order valence-electron chi connectivity index (χ0n) is 10.3. The number of ether oxygens (including phenoxy) is 1. The molecule has 0 fully saturated rings. The van der Waals surface area contributed by atoms with Crippen LogP contribution in [0.2, 0.25) is 0 Å². The van der Waals surface area contributed by atoms with E-state index in [1.165, 1.54) is 12.1 Å². The minimum Gasteiger partial charge on any atom is -0.492 e. The van der Waals surface area contributed by atoms with Gasteiger partial charge in [0, 0.05) is 30.1 Å². The van der Waals surface area contributed by atoms with Crippen LogP contribution in [0.15, 0.2) is 53.6 Å². The molecule has 0 atom stereocenters. The molecule has 0 radical (unpaired) electrons. The van der Waals surface area contributed by atoms with Gasteiger partial charge in [-0.2, -0.15) is 0 Å². The van der Waals surface area contributed by atoms with Crippen molar-refractivity contribution in [3.8, 4) is 5.75 Å². The van der Waals surface area contributed by atoms with Gasteiger partial charge in [-0.05, 0) is 24.3 Å². The van der Waals surface area contributed by atoms with Crippen LogP contribution in [0.4, 0.5) is 0 Å². The molecule has 19 heavy (non-hydrogen) atoms.